The van der Waals surface area contributed by atoms with Crippen molar-refractivity contribution in [3.63, 3.8) is 0 Å². The number of hydrogen-bond donors (Lipinski definition) is 2. The molecule has 0 aliphatic rings. The maximum atomic E-state index is 12.0. The molecule has 5 nitrogen and oxygen atoms in total. The summed E-state index contributed by atoms with van der Waals surface area (Å²) in [6.45, 7) is 3.01. The van der Waals surface area contributed by atoms with E-state index in [1.165, 1.54) is 38.1 Å². The molecule has 0 heterocycles. The van der Waals surface area contributed by atoms with Crippen LogP contribution in [0.4, 0.5) is 0 Å². The lowest BCUT2D eigenvalue weighted by Gasteiger charge is -2.20. The van der Waals surface area contributed by atoms with Gasteiger partial charge in [-0.25, -0.2) is 8.42 Å². The van der Waals surface area contributed by atoms with E-state index in [1.807, 2.05) is 0 Å². The Morgan fingerprint density at radius 1 is 1.32 bits per heavy atom. The summed E-state index contributed by atoms with van der Waals surface area (Å²) in [5, 5.41) is 12.0. The van der Waals surface area contributed by atoms with Gasteiger partial charge in [-0.15, -0.1) is 0 Å². The van der Waals surface area contributed by atoms with Crippen LogP contribution in [0.3, 0.4) is 0 Å². The first-order valence-corrected chi connectivity index (χ1v) is 7.65. The number of aliphatic carboxylic acids is 1. The Labute approximate surface area is 117 Å². The minimum absolute atomic E-state index is 0.0598. The molecule has 7 heteroatoms. The summed E-state index contributed by atoms with van der Waals surface area (Å²) in [7, 11) is -3.44. The molecule has 1 aromatic carbocycles. The predicted molar refractivity (Wildman–Crippen MR) is 73.2 cm³/mol. The van der Waals surface area contributed by atoms with Crippen LogP contribution in [0.5, 0.6) is 0 Å². The molecule has 0 aliphatic carbocycles. The highest BCUT2D eigenvalue weighted by molar-refractivity contribution is 7.91. The van der Waals surface area contributed by atoms with Gasteiger partial charge in [-0.2, -0.15) is 0 Å². The fourth-order valence-corrected chi connectivity index (χ4v) is 2.62. The summed E-state index contributed by atoms with van der Waals surface area (Å²) in [5.74, 6) is -1.21. The minimum atomic E-state index is -3.44. The molecular weight excluding hydrogens is 290 g/mol. The largest absolute Gasteiger partial charge is 0.480 e. The lowest BCUT2D eigenvalue weighted by atomic mass is 10.1. The maximum absolute atomic E-state index is 12.0. The highest BCUT2D eigenvalue weighted by Gasteiger charge is 2.26. The molecule has 1 aromatic rings. The molecule has 0 unspecified atom stereocenters. The van der Waals surface area contributed by atoms with E-state index in [0.717, 1.165) is 0 Å². The van der Waals surface area contributed by atoms with Crippen molar-refractivity contribution in [1.82, 2.24) is 5.32 Å². The molecule has 0 atom stereocenters. The van der Waals surface area contributed by atoms with E-state index in [-0.39, 0.29) is 17.2 Å². The number of hydrogen-bond acceptors (Lipinski definition) is 4. The fourth-order valence-electron chi connectivity index (χ4n) is 1.33. The van der Waals surface area contributed by atoms with Gasteiger partial charge in [0.15, 0.2) is 9.84 Å². The number of rotatable bonds is 6. The Hall–Kier alpha value is -1.11. The van der Waals surface area contributed by atoms with Crippen molar-refractivity contribution in [2.24, 2.45) is 0 Å². The predicted octanol–water partition coefficient (Wildman–Crippen LogP) is 1.57. The van der Waals surface area contributed by atoms with Gasteiger partial charge >= 0.3 is 5.97 Å². The van der Waals surface area contributed by atoms with E-state index in [4.69, 9.17) is 16.7 Å². The lowest BCUT2D eigenvalue weighted by molar-refractivity contribution is -0.143. The second kappa shape index (κ2) is 5.90. The normalized spacial score (nSPS) is 12.4. The van der Waals surface area contributed by atoms with Gasteiger partial charge in [-0.1, -0.05) is 11.6 Å². The van der Waals surface area contributed by atoms with Crippen molar-refractivity contribution in [2.45, 2.75) is 24.3 Å². The molecule has 0 radical (unpaired) electrons. The Balaban J connectivity index is 2.67. The smallest absolute Gasteiger partial charge is 0.323 e. The quantitative estimate of drug-likeness (QED) is 0.833. The van der Waals surface area contributed by atoms with Gasteiger partial charge in [0, 0.05) is 11.6 Å². The van der Waals surface area contributed by atoms with Gasteiger partial charge in [-0.05, 0) is 38.1 Å². The first-order chi connectivity index (χ1) is 8.65. The molecule has 2 N–H and O–H groups in total. The second-order valence-corrected chi connectivity index (χ2v) is 7.18. The zero-order valence-corrected chi connectivity index (χ0v) is 12.3. The van der Waals surface area contributed by atoms with Crippen LogP contribution >= 0.6 is 11.6 Å². The molecular formula is C12H16ClNO4S. The summed E-state index contributed by atoms with van der Waals surface area (Å²) in [4.78, 5) is 11.0. The monoisotopic (exact) mass is 305 g/mol. The lowest BCUT2D eigenvalue weighted by Crippen LogP contribution is -2.48. The molecule has 106 valence electrons. The molecule has 0 fully saturated rings. The number of sulfone groups is 1. The van der Waals surface area contributed by atoms with E-state index >= 15 is 0 Å². The Morgan fingerprint density at radius 2 is 1.84 bits per heavy atom. The van der Waals surface area contributed by atoms with Gasteiger partial charge in [0.25, 0.3) is 0 Å². The summed E-state index contributed by atoms with van der Waals surface area (Å²) < 4.78 is 23.9. The summed E-state index contributed by atoms with van der Waals surface area (Å²) in [5.41, 5.74) is -1.16. The van der Waals surface area contributed by atoms with Crippen molar-refractivity contribution >= 4 is 27.4 Å². The van der Waals surface area contributed by atoms with Crippen LogP contribution < -0.4 is 5.32 Å². The minimum Gasteiger partial charge on any atom is -0.480 e. The third kappa shape index (κ3) is 4.49. The Morgan fingerprint density at radius 3 is 2.32 bits per heavy atom. The topological polar surface area (TPSA) is 83.5 Å². The highest BCUT2D eigenvalue weighted by atomic mass is 35.5. The number of benzene rings is 1. The fraction of sp³-hybridized carbons (Fsp3) is 0.417. The molecule has 19 heavy (non-hydrogen) atoms. The van der Waals surface area contributed by atoms with Crippen LogP contribution in [-0.2, 0) is 14.6 Å². The Bertz CT molecular complexity index is 552. The Kier molecular flexibility index (Phi) is 4.95. The number of nitrogens with one attached hydrogen (secondary N) is 1. The molecule has 0 amide bonds. The number of carbonyl (C=O) groups is 1. The number of halogens is 1. The zero-order valence-electron chi connectivity index (χ0n) is 10.7. The van der Waals surface area contributed by atoms with Crippen molar-refractivity contribution in [3.8, 4) is 0 Å². The van der Waals surface area contributed by atoms with Gasteiger partial charge in [0.1, 0.15) is 5.54 Å². The summed E-state index contributed by atoms with van der Waals surface area (Å²) in [6.07, 6.45) is 0. The van der Waals surface area contributed by atoms with Gasteiger partial charge in [0.2, 0.25) is 0 Å². The van der Waals surface area contributed by atoms with Crippen LogP contribution in [0.15, 0.2) is 29.2 Å². The maximum Gasteiger partial charge on any atom is 0.323 e. The van der Waals surface area contributed by atoms with E-state index in [2.05, 4.69) is 5.32 Å². The molecule has 0 saturated carbocycles. The van der Waals surface area contributed by atoms with Crippen molar-refractivity contribution in [3.05, 3.63) is 29.3 Å². The average molecular weight is 306 g/mol. The van der Waals surface area contributed by atoms with Gasteiger partial charge < -0.3 is 10.4 Å². The third-order valence-electron chi connectivity index (χ3n) is 2.65. The zero-order chi connectivity index (χ0) is 14.7. The van der Waals surface area contributed by atoms with E-state index in [0.29, 0.717) is 5.02 Å². The van der Waals surface area contributed by atoms with Gasteiger partial charge in [-0.3, -0.25) is 4.79 Å². The summed E-state index contributed by atoms with van der Waals surface area (Å²) >= 11 is 5.69. The van der Waals surface area contributed by atoms with Crippen LogP contribution in [0.2, 0.25) is 5.02 Å². The van der Waals surface area contributed by atoms with Crippen LogP contribution in [-0.4, -0.2) is 37.3 Å². The molecule has 0 bridgehead atoms. The van der Waals surface area contributed by atoms with Crippen molar-refractivity contribution in [1.29, 1.82) is 0 Å². The summed E-state index contributed by atoms with van der Waals surface area (Å²) in [6, 6.07) is 5.87. The van der Waals surface area contributed by atoms with E-state index in [9.17, 15) is 13.2 Å². The van der Waals surface area contributed by atoms with E-state index < -0.39 is 21.3 Å². The molecule has 0 aromatic heterocycles. The number of carboxylic acids is 1. The SMILES string of the molecule is CC(C)(NCCS(=O)(=O)c1ccc(Cl)cc1)C(=O)O. The van der Waals surface area contributed by atoms with Crippen LogP contribution in [0, 0.1) is 0 Å². The first-order valence-electron chi connectivity index (χ1n) is 5.62. The second-order valence-electron chi connectivity index (χ2n) is 4.63. The van der Waals surface area contributed by atoms with Crippen molar-refractivity contribution < 1.29 is 18.3 Å². The first kappa shape index (κ1) is 15.9. The molecule has 1 rings (SSSR count). The third-order valence-corrected chi connectivity index (χ3v) is 4.63. The average Bonchev–Trinajstić information content (AvgIpc) is 2.28. The van der Waals surface area contributed by atoms with Crippen LogP contribution in [0.1, 0.15) is 13.8 Å². The van der Waals surface area contributed by atoms with Crippen molar-refractivity contribution in [2.75, 3.05) is 12.3 Å². The van der Waals surface area contributed by atoms with Crippen LogP contribution in [0.25, 0.3) is 0 Å². The van der Waals surface area contributed by atoms with E-state index in [1.54, 1.807) is 0 Å². The molecule has 0 saturated heterocycles. The standard InChI is InChI=1S/C12H16ClNO4S/c1-12(2,11(15)16)14-7-8-19(17,18)10-5-3-9(13)4-6-10/h3-6,14H,7-8H2,1-2H3,(H,15,16). The highest BCUT2D eigenvalue weighted by Crippen LogP contribution is 2.15. The number of carboxylic acid groups (broad SMARTS) is 1. The molecule has 0 aliphatic heterocycles. The van der Waals surface area contributed by atoms with Gasteiger partial charge in [0.05, 0.1) is 10.6 Å². The molecule has 0 spiro atoms.